The van der Waals surface area contributed by atoms with Gasteiger partial charge in [0.05, 0.1) is 34.1 Å². The second kappa shape index (κ2) is 11.8. The fourth-order valence-electron chi connectivity index (χ4n) is 5.32. The van der Waals surface area contributed by atoms with Crippen molar-refractivity contribution in [2.75, 3.05) is 7.11 Å². The summed E-state index contributed by atoms with van der Waals surface area (Å²) in [6.45, 7) is 3.88. The number of nitro benzene ring substituents is 1. The number of esters is 1. The van der Waals surface area contributed by atoms with Crippen LogP contribution >= 0.6 is 15.9 Å². The first-order chi connectivity index (χ1) is 18.7. The minimum Gasteiger partial charge on any atom is -0.487 e. The van der Waals surface area contributed by atoms with Gasteiger partial charge in [0.25, 0.3) is 5.69 Å². The predicted octanol–water partition coefficient (Wildman–Crippen LogP) is 6.24. The van der Waals surface area contributed by atoms with Crippen LogP contribution in [0.4, 0.5) is 5.69 Å². The van der Waals surface area contributed by atoms with E-state index in [-0.39, 0.29) is 35.3 Å². The second-order valence-corrected chi connectivity index (χ2v) is 10.5. The highest BCUT2D eigenvalue weighted by atomic mass is 79.9. The smallest absolute Gasteiger partial charge is 0.341 e. The van der Waals surface area contributed by atoms with Crippen LogP contribution in [0.5, 0.6) is 5.75 Å². The van der Waals surface area contributed by atoms with Gasteiger partial charge in [0.2, 0.25) is 0 Å². The number of nitro groups is 1. The van der Waals surface area contributed by atoms with Gasteiger partial charge in [0, 0.05) is 35.5 Å². The summed E-state index contributed by atoms with van der Waals surface area (Å²) < 4.78 is 11.4. The Labute approximate surface area is 234 Å². The number of carbonyl (C=O) groups is 2. The van der Waals surface area contributed by atoms with E-state index >= 15 is 0 Å². The third kappa shape index (κ3) is 5.73. The molecular formula is C29H28BrN3O6. The molecule has 0 bridgehead atoms. The maximum Gasteiger partial charge on any atom is 0.341 e. The molecular weight excluding hydrogens is 566 g/mol. The molecule has 1 aliphatic carbocycles. The van der Waals surface area contributed by atoms with E-state index < -0.39 is 16.8 Å². The topological polar surface area (TPSA) is 132 Å². The number of Topliss-reactive ketones (excluding diaryl/α,β-unsaturated/α-hetero) is 1. The van der Waals surface area contributed by atoms with Gasteiger partial charge >= 0.3 is 5.97 Å². The first-order valence-corrected chi connectivity index (χ1v) is 13.4. The van der Waals surface area contributed by atoms with Crippen LogP contribution in [0.2, 0.25) is 0 Å². The van der Waals surface area contributed by atoms with Crippen molar-refractivity contribution in [3.05, 3.63) is 90.2 Å². The average Bonchev–Trinajstić information content (AvgIpc) is 2.91. The first-order valence-electron chi connectivity index (χ1n) is 12.6. The van der Waals surface area contributed by atoms with Crippen LogP contribution in [0, 0.1) is 27.4 Å². The van der Waals surface area contributed by atoms with Gasteiger partial charge < -0.3 is 14.8 Å². The molecule has 1 aliphatic heterocycles. The van der Waals surface area contributed by atoms with E-state index in [4.69, 9.17) is 9.47 Å². The molecule has 2 unspecified atom stereocenters. The zero-order valence-corrected chi connectivity index (χ0v) is 23.5. The van der Waals surface area contributed by atoms with Crippen LogP contribution in [-0.4, -0.2) is 23.8 Å². The van der Waals surface area contributed by atoms with Gasteiger partial charge in [0.15, 0.2) is 5.78 Å². The Morgan fingerprint density at radius 3 is 2.72 bits per heavy atom. The molecule has 4 rings (SSSR count). The number of halogens is 1. The zero-order chi connectivity index (χ0) is 28.3. The van der Waals surface area contributed by atoms with E-state index in [1.165, 1.54) is 19.2 Å². The quantitative estimate of drug-likeness (QED) is 0.216. The summed E-state index contributed by atoms with van der Waals surface area (Å²) >= 11 is 3.51. The van der Waals surface area contributed by atoms with Crippen LogP contribution in [0.1, 0.15) is 66.9 Å². The molecule has 0 saturated heterocycles. The molecule has 2 aliphatic rings. The lowest BCUT2D eigenvalue weighted by Gasteiger charge is -2.35. The summed E-state index contributed by atoms with van der Waals surface area (Å²) in [5, 5.41) is 24.5. The number of allylic oxidation sites excluding steroid dienone is 4. The third-order valence-corrected chi connectivity index (χ3v) is 7.63. The van der Waals surface area contributed by atoms with Crippen molar-refractivity contribution in [3.8, 4) is 11.8 Å². The predicted molar refractivity (Wildman–Crippen MR) is 147 cm³/mol. The van der Waals surface area contributed by atoms with Gasteiger partial charge in [-0.2, -0.15) is 5.26 Å². The van der Waals surface area contributed by atoms with E-state index in [2.05, 4.69) is 34.2 Å². The van der Waals surface area contributed by atoms with Crippen LogP contribution in [0.15, 0.2) is 63.4 Å². The lowest BCUT2D eigenvalue weighted by molar-refractivity contribution is -0.384. The van der Waals surface area contributed by atoms with Crippen LogP contribution in [-0.2, 0) is 16.1 Å². The first kappa shape index (κ1) is 28.0. The second-order valence-electron chi connectivity index (χ2n) is 9.67. The molecule has 202 valence electrons. The highest BCUT2D eigenvalue weighted by Gasteiger charge is 2.39. The van der Waals surface area contributed by atoms with Crippen molar-refractivity contribution in [1.82, 2.24) is 5.32 Å². The number of methoxy groups -OCH3 is 1. The molecule has 2 aromatic carbocycles. The van der Waals surface area contributed by atoms with Crippen molar-refractivity contribution < 1.29 is 24.0 Å². The van der Waals surface area contributed by atoms with E-state index in [0.29, 0.717) is 38.9 Å². The number of nitriles is 1. The molecule has 10 heteroatoms. The van der Waals surface area contributed by atoms with Gasteiger partial charge in [-0.3, -0.25) is 14.9 Å². The van der Waals surface area contributed by atoms with Gasteiger partial charge in [0.1, 0.15) is 17.9 Å². The van der Waals surface area contributed by atoms with E-state index in [1.807, 2.05) is 6.92 Å². The number of ketones is 1. The number of dihydropyridines is 1. The monoisotopic (exact) mass is 593 g/mol. The highest BCUT2D eigenvalue weighted by Crippen LogP contribution is 2.46. The van der Waals surface area contributed by atoms with Crippen molar-refractivity contribution >= 4 is 33.4 Å². The zero-order valence-electron chi connectivity index (χ0n) is 21.9. The number of nitrogens with one attached hydrogen (secondary N) is 1. The summed E-state index contributed by atoms with van der Waals surface area (Å²) in [7, 11) is 1.25. The Bertz CT molecular complexity index is 1460. The normalized spacial score (nSPS) is 18.7. The van der Waals surface area contributed by atoms with E-state index in [1.54, 1.807) is 24.3 Å². The molecule has 9 nitrogen and oxygen atoms in total. The summed E-state index contributed by atoms with van der Waals surface area (Å²) in [4.78, 5) is 36.9. The fraction of sp³-hybridized carbons (Fsp3) is 0.345. The van der Waals surface area contributed by atoms with Gasteiger partial charge in [-0.05, 0) is 64.9 Å². The Morgan fingerprint density at radius 1 is 1.28 bits per heavy atom. The Balaban J connectivity index is 1.77. The number of hydrogen-bond acceptors (Lipinski definition) is 8. The average molecular weight is 594 g/mol. The van der Waals surface area contributed by atoms with Crippen molar-refractivity contribution in [3.63, 3.8) is 0 Å². The van der Waals surface area contributed by atoms with E-state index in [0.717, 1.165) is 25.0 Å². The number of rotatable bonds is 8. The molecule has 0 spiro atoms. The SMILES string of the molecule is CCCC1CC(=O)C2=C(C1)NC(C)=C(C#N)C2c1cc(Br)c(OCc2cccc([N+](=O)[O-])c2)c(C(=O)OC)c1. The lowest BCUT2D eigenvalue weighted by Crippen LogP contribution is -2.34. The van der Waals surface area contributed by atoms with Gasteiger partial charge in [-0.1, -0.05) is 25.5 Å². The summed E-state index contributed by atoms with van der Waals surface area (Å²) in [6, 6.07) is 11.6. The van der Waals surface area contributed by atoms with Crippen molar-refractivity contribution in [2.24, 2.45) is 5.92 Å². The number of hydrogen-bond donors (Lipinski definition) is 1. The van der Waals surface area contributed by atoms with Gasteiger partial charge in [-0.25, -0.2) is 4.79 Å². The third-order valence-electron chi connectivity index (χ3n) is 7.04. The number of non-ortho nitro benzene ring substituents is 1. The molecule has 0 aromatic heterocycles. The number of nitrogens with zero attached hydrogens (tertiary/aromatic N) is 2. The molecule has 0 saturated carbocycles. The standard InChI is InChI=1S/C29H28BrN3O6/c1-4-6-17-10-24-27(25(34)11-17)26(22(14-31)16(2)32-24)19-12-21(29(35)38-3)28(23(30)13-19)39-15-18-7-5-8-20(9-18)33(36)37/h5,7-9,12-13,17,26,32H,4,6,10-11,15H2,1-3H3. The minimum atomic E-state index is -0.660. The van der Waals surface area contributed by atoms with Crippen LogP contribution in [0.25, 0.3) is 0 Å². The molecule has 2 atom stereocenters. The van der Waals surface area contributed by atoms with Gasteiger partial charge in [-0.15, -0.1) is 0 Å². The molecule has 2 aromatic rings. The molecule has 0 fully saturated rings. The molecule has 1 N–H and O–H groups in total. The Kier molecular flexibility index (Phi) is 8.51. The van der Waals surface area contributed by atoms with Crippen molar-refractivity contribution in [2.45, 2.75) is 52.1 Å². The maximum atomic E-state index is 13.4. The molecule has 0 radical (unpaired) electrons. The fourth-order valence-corrected chi connectivity index (χ4v) is 5.91. The molecule has 0 amide bonds. The van der Waals surface area contributed by atoms with Crippen LogP contribution in [0.3, 0.4) is 0 Å². The minimum absolute atomic E-state index is 0.00538. The molecule has 39 heavy (non-hydrogen) atoms. The maximum absolute atomic E-state index is 13.4. The summed E-state index contributed by atoms with van der Waals surface area (Å²) in [6.07, 6.45) is 3.06. The number of carbonyl (C=O) groups excluding carboxylic acids is 2. The number of ether oxygens (including phenoxy) is 2. The van der Waals surface area contributed by atoms with Crippen LogP contribution < -0.4 is 10.1 Å². The number of benzene rings is 2. The Hall–Kier alpha value is -3.97. The largest absolute Gasteiger partial charge is 0.487 e. The molecule has 1 heterocycles. The summed E-state index contributed by atoms with van der Waals surface area (Å²) in [5.74, 6) is -0.877. The Morgan fingerprint density at radius 2 is 2.05 bits per heavy atom. The van der Waals surface area contributed by atoms with E-state index in [9.17, 15) is 25.0 Å². The highest BCUT2D eigenvalue weighted by molar-refractivity contribution is 9.10. The lowest BCUT2D eigenvalue weighted by atomic mass is 9.72. The van der Waals surface area contributed by atoms with Crippen molar-refractivity contribution in [1.29, 1.82) is 5.26 Å². The summed E-state index contributed by atoms with van der Waals surface area (Å²) in [5.41, 5.74) is 3.62.